The van der Waals surface area contributed by atoms with E-state index in [4.69, 9.17) is 9.84 Å². The fourth-order valence-corrected chi connectivity index (χ4v) is 3.13. The molecule has 1 aliphatic carbocycles. The number of aliphatic hydroxyl groups excluding tert-OH is 1. The van der Waals surface area contributed by atoms with E-state index in [-0.39, 0.29) is 11.5 Å². The molecule has 0 radical (unpaired) electrons. The first-order chi connectivity index (χ1) is 10.1. The molecular formula is C15H23NO4S. The van der Waals surface area contributed by atoms with Gasteiger partial charge in [-0.05, 0) is 43.0 Å². The maximum Gasteiger partial charge on any atom is 0.240 e. The predicted octanol–water partition coefficient (Wildman–Crippen LogP) is 1.92. The molecule has 6 heteroatoms. The van der Waals surface area contributed by atoms with E-state index >= 15 is 0 Å². The van der Waals surface area contributed by atoms with Crippen molar-refractivity contribution in [3.63, 3.8) is 0 Å². The number of sulfonamides is 1. The highest BCUT2D eigenvalue weighted by Gasteiger charge is 2.20. The number of hydrogen-bond acceptors (Lipinski definition) is 4. The van der Waals surface area contributed by atoms with E-state index < -0.39 is 10.0 Å². The molecule has 0 heterocycles. The van der Waals surface area contributed by atoms with Crippen molar-refractivity contribution in [3.05, 3.63) is 24.3 Å². The third kappa shape index (κ3) is 5.65. The third-order valence-electron chi connectivity index (χ3n) is 3.48. The molecule has 1 fully saturated rings. The molecule has 0 saturated heterocycles. The average molecular weight is 313 g/mol. The van der Waals surface area contributed by atoms with Gasteiger partial charge in [0, 0.05) is 19.6 Å². The lowest BCUT2D eigenvalue weighted by molar-refractivity contribution is 0.233. The van der Waals surface area contributed by atoms with Crippen molar-refractivity contribution in [1.29, 1.82) is 0 Å². The Morgan fingerprint density at radius 1 is 1.19 bits per heavy atom. The summed E-state index contributed by atoms with van der Waals surface area (Å²) in [6.45, 7) is 0.993. The number of nitrogens with one attached hydrogen (secondary N) is 1. The van der Waals surface area contributed by atoms with Crippen molar-refractivity contribution in [1.82, 2.24) is 4.72 Å². The lowest BCUT2D eigenvalue weighted by atomic mass is 10.2. The summed E-state index contributed by atoms with van der Waals surface area (Å²) < 4.78 is 32.2. The highest BCUT2D eigenvalue weighted by atomic mass is 32.2. The summed E-state index contributed by atoms with van der Waals surface area (Å²) in [5.74, 6) is 1.43. The molecular weight excluding hydrogens is 290 g/mol. The summed E-state index contributed by atoms with van der Waals surface area (Å²) in [5.41, 5.74) is 0. The van der Waals surface area contributed by atoms with Gasteiger partial charge in [-0.25, -0.2) is 13.1 Å². The number of benzene rings is 1. The van der Waals surface area contributed by atoms with Crippen LogP contribution in [0.25, 0.3) is 0 Å². The molecule has 2 rings (SSSR count). The Bertz CT molecular complexity index is 523. The van der Waals surface area contributed by atoms with Crippen molar-refractivity contribution in [2.45, 2.75) is 37.0 Å². The summed E-state index contributed by atoms with van der Waals surface area (Å²) in [4.78, 5) is 0.253. The second-order valence-corrected chi connectivity index (χ2v) is 7.15. The lowest BCUT2D eigenvalue weighted by Gasteiger charge is -2.08. The third-order valence-corrected chi connectivity index (χ3v) is 4.96. The zero-order chi connectivity index (χ0) is 15.1. The molecule has 0 unspecified atom stereocenters. The maximum atomic E-state index is 12.1. The van der Waals surface area contributed by atoms with Gasteiger partial charge in [-0.3, -0.25) is 0 Å². The monoisotopic (exact) mass is 313 g/mol. The van der Waals surface area contributed by atoms with Crippen LogP contribution in [-0.4, -0.2) is 33.3 Å². The average Bonchev–Trinajstić information content (AvgIpc) is 3.29. The number of aliphatic hydroxyl groups is 1. The Hall–Kier alpha value is -1.11. The van der Waals surface area contributed by atoms with Gasteiger partial charge < -0.3 is 9.84 Å². The highest BCUT2D eigenvalue weighted by molar-refractivity contribution is 7.89. The van der Waals surface area contributed by atoms with Crippen LogP contribution in [0.1, 0.15) is 32.1 Å². The first-order valence-electron chi connectivity index (χ1n) is 7.45. The quantitative estimate of drug-likeness (QED) is 0.647. The van der Waals surface area contributed by atoms with Gasteiger partial charge in [0.05, 0.1) is 11.5 Å². The van der Waals surface area contributed by atoms with Crippen molar-refractivity contribution in [2.75, 3.05) is 19.8 Å². The van der Waals surface area contributed by atoms with Crippen LogP contribution in [-0.2, 0) is 10.0 Å². The Labute approximate surface area is 126 Å². The molecule has 5 nitrogen and oxygen atoms in total. The first-order valence-corrected chi connectivity index (χ1v) is 8.93. The normalized spacial score (nSPS) is 15.1. The Morgan fingerprint density at radius 3 is 2.52 bits per heavy atom. The van der Waals surface area contributed by atoms with Crippen LogP contribution in [0.2, 0.25) is 0 Å². The van der Waals surface area contributed by atoms with Crippen molar-refractivity contribution >= 4 is 10.0 Å². The predicted molar refractivity (Wildman–Crippen MR) is 80.8 cm³/mol. The van der Waals surface area contributed by atoms with Gasteiger partial charge in [-0.15, -0.1) is 0 Å². The first kappa shape index (κ1) is 16.3. The van der Waals surface area contributed by atoms with E-state index in [1.165, 1.54) is 25.0 Å². The van der Waals surface area contributed by atoms with Crippen molar-refractivity contribution in [2.24, 2.45) is 5.92 Å². The van der Waals surface area contributed by atoms with Crippen LogP contribution in [0.4, 0.5) is 0 Å². The van der Waals surface area contributed by atoms with Crippen LogP contribution in [0.15, 0.2) is 29.2 Å². The lowest BCUT2D eigenvalue weighted by Crippen LogP contribution is -2.24. The summed E-state index contributed by atoms with van der Waals surface area (Å²) in [6, 6.07) is 6.35. The summed E-state index contributed by atoms with van der Waals surface area (Å²) in [6.07, 6.45) is 5.16. The van der Waals surface area contributed by atoms with Crippen LogP contribution < -0.4 is 9.46 Å². The van der Waals surface area contributed by atoms with E-state index in [1.807, 2.05) is 0 Å². The molecule has 0 spiro atoms. The maximum absolute atomic E-state index is 12.1. The Kier molecular flexibility index (Phi) is 6.02. The second kappa shape index (κ2) is 7.77. The highest BCUT2D eigenvalue weighted by Crippen LogP contribution is 2.33. The van der Waals surface area contributed by atoms with Crippen molar-refractivity contribution in [3.8, 4) is 5.75 Å². The zero-order valence-electron chi connectivity index (χ0n) is 12.1. The smallest absolute Gasteiger partial charge is 0.240 e. The zero-order valence-corrected chi connectivity index (χ0v) is 12.9. The minimum atomic E-state index is -3.43. The summed E-state index contributed by atoms with van der Waals surface area (Å²) >= 11 is 0. The molecule has 1 aromatic rings. The molecule has 1 saturated carbocycles. The molecule has 1 aromatic carbocycles. The van der Waals surface area contributed by atoms with Gasteiger partial charge in [0.25, 0.3) is 0 Å². The van der Waals surface area contributed by atoms with Crippen LogP contribution in [0, 0.1) is 5.92 Å². The Balaban J connectivity index is 1.80. The molecule has 0 atom stereocenters. The van der Waals surface area contributed by atoms with Crippen LogP contribution >= 0.6 is 0 Å². The Morgan fingerprint density at radius 2 is 1.90 bits per heavy atom. The minimum absolute atomic E-state index is 0.0806. The molecule has 0 aromatic heterocycles. The van der Waals surface area contributed by atoms with Gasteiger partial charge in [0.2, 0.25) is 10.0 Å². The van der Waals surface area contributed by atoms with Crippen LogP contribution in [0.3, 0.4) is 0 Å². The second-order valence-electron chi connectivity index (χ2n) is 5.38. The van der Waals surface area contributed by atoms with E-state index in [0.717, 1.165) is 18.8 Å². The van der Waals surface area contributed by atoms with Crippen molar-refractivity contribution < 1.29 is 18.3 Å². The number of hydrogen-bond donors (Lipinski definition) is 2. The summed E-state index contributed by atoms with van der Waals surface area (Å²) in [7, 11) is -3.43. The SMILES string of the molecule is O=S(=O)(NCCCC1CC1)c1ccc(OCCCO)cc1. The largest absolute Gasteiger partial charge is 0.494 e. The molecule has 0 amide bonds. The fraction of sp³-hybridized carbons (Fsp3) is 0.600. The van der Waals surface area contributed by atoms with Gasteiger partial charge in [-0.2, -0.15) is 0 Å². The van der Waals surface area contributed by atoms with E-state index in [0.29, 0.717) is 25.3 Å². The van der Waals surface area contributed by atoms with Gasteiger partial charge in [-0.1, -0.05) is 12.8 Å². The van der Waals surface area contributed by atoms with Crippen LogP contribution in [0.5, 0.6) is 5.75 Å². The van der Waals surface area contributed by atoms with E-state index in [1.54, 1.807) is 12.1 Å². The molecule has 1 aliphatic rings. The van der Waals surface area contributed by atoms with Gasteiger partial charge in [0.1, 0.15) is 5.75 Å². The number of rotatable bonds is 10. The fourth-order valence-electron chi connectivity index (χ4n) is 2.06. The van der Waals surface area contributed by atoms with E-state index in [2.05, 4.69) is 4.72 Å². The molecule has 0 aliphatic heterocycles. The molecule has 0 bridgehead atoms. The summed E-state index contributed by atoms with van der Waals surface area (Å²) in [5, 5.41) is 8.67. The topological polar surface area (TPSA) is 75.6 Å². The number of ether oxygens (including phenoxy) is 1. The molecule has 21 heavy (non-hydrogen) atoms. The van der Waals surface area contributed by atoms with Gasteiger partial charge >= 0.3 is 0 Å². The molecule has 2 N–H and O–H groups in total. The molecule has 118 valence electrons. The van der Waals surface area contributed by atoms with E-state index in [9.17, 15) is 8.42 Å². The van der Waals surface area contributed by atoms with Gasteiger partial charge in [0.15, 0.2) is 0 Å². The minimum Gasteiger partial charge on any atom is -0.494 e. The standard InChI is InChI=1S/C15H23NO4S/c17-11-2-12-20-14-6-8-15(9-7-14)21(18,19)16-10-1-3-13-4-5-13/h6-9,13,16-17H,1-5,10-12H2.